The van der Waals surface area contributed by atoms with Gasteiger partial charge in [-0.3, -0.25) is 4.72 Å². The van der Waals surface area contributed by atoms with Gasteiger partial charge in [0.15, 0.2) is 5.82 Å². The number of unbranched alkanes of at least 4 members (excludes halogenated alkanes) is 1. The van der Waals surface area contributed by atoms with Gasteiger partial charge in [-0.25, -0.2) is 27.8 Å². The highest BCUT2D eigenvalue weighted by molar-refractivity contribution is 7.92. The topological polar surface area (TPSA) is 111 Å². The number of hydrogen-bond acceptors (Lipinski definition) is 7. The molecule has 0 bridgehead atoms. The van der Waals surface area contributed by atoms with Crippen molar-refractivity contribution in [3.63, 3.8) is 0 Å². The van der Waals surface area contributed by atoms with Crippen molar-refractivity contribution in [3.8, 4) is 21.8 Å². The number of nitrogen functional groups attached to an aromatic ring is 1. The van der Waals surface area contributed by atoms with Crippen LogP contribution in [0.15, 0.2) is 30.5 Å². The minimum atomic E-state index is -3.65. The van der Waals surface area contributed by atoms with Crippen molar-refractivity contribution in [3.05, 3.63) is 41.3 Å². The quantitative estimate of drug-likeness (QED) is 0.519. The maximum absolute atomic E-state index is 15.5. The summed E-state index contributed by atoms with van der Waals surface area (Å²) in [7, 11) is -3.65. The van der Waals surface area contributed by atoms with Gasteiger partial charge >= 0.3 is 0 Å². The van der Waals surface area contributed by atoms with E-state index in [4.69, 9.17) is 10.7 Å². The number of sulfonamides is 1. The molecule has 2 aromatic heterocycles. The number of anilines is 2. The summed E-state index contributed by atoms with van der Waals surface area (Å²) in [5.41, 5.74) is 6.49. The van der Waals surface area contributed by atoms with Gasteiger partial charge in [0.25, 0.3) is 0 Å². The number of rotatable bonds is 7. The fraction of sp³-hybridized carbons (Fsp3) is 0.381. The average molecular weight is 464 g/mol. The number of thiazole rings is 1. The summed E-state index contributed by atoms with van der Waals surface area (Å²) in [4.78, 5) is 13.5. The second kappa shape index (κ2) is 8.88. The first kappa shape index (κ1) is 23.1. The van der Waals surface area contributed by atoms with Crippen molar-refractivity contribution < 1.29 is 12.8 Å². The van der Waals surface area contributed by atoms with Crippen LogP contribution >= 0.6 is 11.3 Å². The molecule has 0 amide bonds. The average Bonchev–Trinajstić information content (AvgIpc) is 3.14. The minimum Gasteiger partial charge on any atom is -0.368 e. The number of halogens is 1. The SMILES string of the molecule is CCCCS(=O)(=O)Nc1cccc(-c2nc(C(C)(C)C)sc2-c2ccnc(N)n2)c1F. The summed E-state index contributed by atoms with van der Waals surface area (Å²) >= 11 is 1.40. The maximum Gasteiger partial charge on any atom is 0.232 e. The summed E-state index contributed by atoms with van der Waals surface area (Å²) in [5.74, 6) is -0.646. The molecule has 3 aromatic rings. The lowest BCUT2D eigenvalue weighted by atomic mass is 9.98. The first-order valence-corrected chi connectivity index (χ1v) is 12.4. The molecule has 0 unspecified atom stereocenters. The fourth-order valence-electron chi connectivity index (χ4n) is 2.84. The molecule has 0 radical (unpaired) electrons. The van der Waals surface area contributed by atoms with Crippen LogP contribution in [0.4, 0.5) is 16.0 Å². The van der Waals surface area contributed by atoms with Crippen LogP contribution in [-0.4, -0.2) is 29.1 Å². The Balaban J connectivity index is 2.13. The number of nitrogens with zero attached hydrogens (tertiary/aromatic N) is 3. The van der Waals surface area contributed by atoms with Crippen molar-refractivity contribution in [1.82, 2.24) is 15.0 Å². The molecule has 0 saturated heterocycles. The molecule has 0 aliphatic carbocycles. The highest BCUT2D eigenvalue weighted by atomic mass is 32.2. The van der Waals surface area contributed by atoms with E-state index in [-0.39, 0.29) is 28.4 Å². The summed E-state index contributed by atoms with van der Waals surface area (Å²) in [6.45, 7) is 7.94. The summed E-state index contributed by atoms with van der Waals surface area (Å²) in [6.07, 6.45) is 2.76. The number of nitrogens with two attached hydrogens (primary N) is 1. The molecule has 0 spiro atoms. The van der Waals surface area contributed by atoms with E-state index in [0.717, 1.165) is 11.4 Å². The second-order valence-electron chi connectivity index (χ2n) is 8.19. The van der Waals surface area contributed by atoms with E-state index in [1.165, 1.54) is 23.6 Å². The number of hydrogen-bond donors (Lipinski definition) is 2. The van der Waals surface area contributed by atoms with E-state index >= 15 is 4.39 Å². The number of aromatic nitrogens is 3. The summed E-state index contributed by atoms with van der Waals surface area (Å²) in [6, 6.07) is 6.27. The third-order valence-corrected chi connectivity index (χ3v) is 7.32. The van der Waals surface area contributed by atoms with E-state index in [1.54, 1.807) is 18.2 Å². The Labute approximate surface area is 186 Å². The molecule has 0 aliphatic heterocycles. The number of benzene rings is 1. The van der Waals surface area contributed by atoms with E-state index in [9.17, 15) is 8.42 Å². The monoisotopic (exact) mass is 463 g/mol. The smallest absolute Gasteiger partial charge is 0.232 e. The molecule has 0 aliphatic rings. The lowest BCUT2D eigenvalue weighted by Gasteiger charge is -2.13. The standard InChI is InChI=1S/C21H26FN5O2S2/c1-5-6-12-31(28,29)27-14-9-7-8-13(16(14)22)17-18(15-10-11-24-20(23)25-15)30-19(26-17)21(2,3)4/h7-11,27H,5-6,12H2,1-4H3,(H2,23,24,25). The van der Waals surface area contributed by atoms with E-state index in [0.29, 0.717) is 22.7 Å². The summed E-state index contributed by atoms with van der Waals surface area (Å²) in [5, 5.41) is 0.794. The van der Waals surface area contributed by atoms with Crippen molar-refractivity contribution in [2.24, 2.45) is 0 Å². The maximum atomic E-state index is 15.5. The highest BCUT2D eigenvalue weighted by Crippen LogP contribution is 2.41. The van der Waals surface area contributed by atoms with Crippen LogP contribution in [0, 0.1) is 5.82 Å². The van der Waals surface area contributed by atoms with Gasteiger partial charge in [-0.1, -0.05) is 40.2 Å². The van der Waals surface area contributed by atoms with Crippen LogP contribution in [0.1, 0.15) is 45.5 Å². The predicted molar refractivity (Wildman–Crippen MR) is 124 cm³/mol. The molecule has 10 heteroatoms. The Hall–Kier alpha value is -2.59. The molecular weight excluding hydrogens is 437 g/mol. The molecule has 31 heavy (non-hydrogen) atoms. The van der Waals surface area contributed by atoms with Crippen molar-refractivity contribution in [1.29, 1.82) is 0 Å². The van der Waals surface area contributed by atoms with Gasteiger partial charge in [0, 0.05) is 17.2 Å². The molecule has 0 atom stereocenters. The molecule has 166 valence electrons. The molecule has 0 saturated carbocycles. The Morgan fingerprint density at radius 1 is 1.19 bits per heavy atom. The zero-order chi connectivity index (χ0) is 22.8. The van der Waals surface area contributed by atoms with Gasteiger partial charge < -0.3 is 5.73 Å². The Kier molecular flexibility index (Phi) is 6.61. The van der Waals surface area contributed by atoms with Gasteiger partial charge in [0.1, 0.15) is 0 Å². The van der Waals surface area contributed by atoms with Gasteiger partial charge in [-0.15, -0.1) is 11.3 Å². The molecule has 0 fully saturated rings. The Morgan fingerprint density at radius 2 is 1.94 bits per heavy atom. The van der Waals surface area contributed by atoms with Crippen LogP contribution in [-0.2, 0) is 15.4 Å². The van der Waals surface area contributed by atoms with Gasteiger partial charge in [-0.05, 0) is 24.6 Å². The molecule has 2 heterocycles. The first-order valence-electron chi connectivity index (χ1n) is 9.91. The zero-order valence-corrected chi connectivity index (χ0v) is 19.6. The minimum absolute atomic E-state index is 0.0660. The van der Waals surface area contributed by atoms with E-state index < -0.39 is 15.8 Å². The largest absolute Gasteiger partial charge is 0.368 e. The third-order valence-electron chi connectivity index (χ3n) is 4.46. The molecule has 7 nitrogen and oxygen atoms in total. The molecule has 3 N–H and O–H groups in total. The first-order chi connectivity index (χ1) is 14.5. The molecule has 1 aromatic carbocycles. The fourth-order valence-corrected chi connectivity index (χ4v) is 5.21. The Bertz CT molecular complexity index is 1190. The zero-order valence-electron chi connectivity index (χ0n) is 17.9. The van der Waals surface area contributed by atoms with Crippen LogP contribution in [0.3, 0.4) is 0 Å². The Morgan fingerprint density at radius 3 is 2.58 bits per heavy atom. The van der Waals surface area contributed by atoms with Gasteiger partial charge in [-0.2, -0.15) is 0 Å². The predicted octanol–water partition coefficient (Wildman–Crippen LogP) is 4.83. The lowest BCUT2D eigenvalue weighted by Crippen LogP contribution is -2.17. The third kappa shape index (κ3) is 5.37. The van der Waals surface area contributed by atoms with Crippen molar-refractivity contribution >= 4 is 33.0 Å². The van der Waals surface area contributed by atoms with Crippen LogP contribution < -0.4 is 10.5 Å². The normalized spacial score (nSPS) is 12.2. The van der Waals surface area contributed by atoms with Crippen LogP contribution in [0.2, 0.25) is 0 Å². The lowest BCUT2D eigenvalue weighted by molar-refractivity contribution is 0.585. The highest BCUT2D eigenvalue weighted by Gasteiger charge is 2.26. The van der Waals surface area contributed by atoms with Crippen LogP contribution in [0.25, 0.3) is 21.8 Å². The van der Waals surface area contributed by atoms with Crippen molar-refractivity contribution in [2.45, 2.75) is 46.0 Å². The van der Waals surface area contributed by atoms with Crippen molar-refractivity contribution in [2.75, 3.05) is 16.2 Å². The van der Waals surface area contributed by atoms with E-state index in [2.05, 4.69) is 14.7 Å². The number of nitrogens with one attached hydrogen (secondary N) is 1. The molecular formula is C21H26FN5O2S2. The van der Waals surface area contributed by atoms with Gasteiger partial charge in [0.05, 0.1) is 32.7 Å². The second-order valence-corrected chi connectivity index (χ2v) is 11.0. The van der Waals surface area contributed by atoms with Gasteiger partial charge in [0.2, 0.25) is 16.0 Å². The van der Waals surface area contributed by atoms with E-state index in [1.807, 2.05) is 27.7 Å². The van der Waals surface area contributed by atoms with Crippen LogP contribution in [0.5, 0.6) is 0 Å². The summed E-state index contributed by atoms with van der Waals surface area (Å²) < 4.78 is 42.4. The molecule has 3 rings (SSSR count).